The molecule has 3 saturated heterocycles. The number of hydrogen-bond donors (Lipinski definition) is 8. The number of aliphatic hydroxyl groups is 1. The van der Waals surface area contributed by atoms with Crippen LogP contribution in [0.4, 0.5) is 0 Å². The van der Waals surface area contributed by atoms with E-state index >= 15 is 4.79 Å². The molecule has 3 aliphatic rings. The third-order valence-corrected chi connectivity index (χ3v) is 14.0. The highest BCUT2D eigenvalue weighted by Crippen LogP contribution is 2.26. The largest absolute Gasteiger partial charge is 0.508 e. The quantitative estimate of drug-likeness (QED) is 0.110. The number of nitrogens with zero attached hydrogens (tertiary/aromatic N) is 3. The first-order chi connectivity index (χ1) is 35.0. The molecule has 22 heteroatoms. The van der Waals surface area contributed by atoms with Crippen LogP contribution >= 0.6 is 0 Å². The number of carbonyl (C=O) groups excluding carboxylic acids is 10. The van der Waals surface area contributed by atoms with Crippen LogP contribution in [0.25, 0.3) is 0 Å². The van der Waals surface area contributed by atoms with E-state index in [1.807, 2.05) is 0 Å². The molecule has 9 amide bonds. The molecule has 5 rings (SSSR count). The van der Waals surface area contributed by atoms with E-state index in [2.05, 4.69) is 26.6 Å². The van der Waals surface area contributed by atoms with Crippen molar-refractivity contribution in [1.82, 2.24) is 41.3 Å². The van der Waals surface area contributed by atoms with Crippen molar-refractivity contribution in [2.75, 3.05) is 13.6 Å². The number of likely N-dealkylation sites (N-methyl/N-ethyl adjacent to an activating group) is 1. The summed E-state index contributed by atoms with van der Waals surface area (Å²) in [7, 11) is 1.36. The summed E-state index contributed by atoms with van der Waals surface area (Å²) >= 11 is 0. The van der Waals surface area contributed by atoms with Crippen LogP contribution in [0.2, 0.25) is 0 Å². The molecular formula is C52H73N9O13. The Morgan fingerprint density at radius 1 is 0.838 bits per heavy atom. The number of hydrogen-bond acceptors (Lipinski definition) is 13. The molecule has 3 aliphatic heterocycles. The Morgan fingerprint density at radius 2 is 1.49 bits per heavy atom. The number of ether oxygens (including phenoxy) is 1. The molecule has 3 fully saturated rings. The molecule has 11 unspecified atom stereocenters. The highest BCUT2D eigenvalue weighted by Gasteiger charge is 2.46. The predicted molar refractivity (Wildman–Crippen MR) is 267 cm³/mol. The zero-order chi connectivity index (χ0) is 54.6. The molecule has 0 saturated carbocycles. The Bertz CT molecular complexity index is 2370. The van der Waals surface area contributed by atoms with Crippen LogP contribution in [0.15, 0.2) is 54.6 Å². The summed E-state index contributed by atoms with van der Waals surface area (Å²) in [5.41, 5.74) is 6.56. The summed E-state index contributed by atoms with van der Waals surface area (Å²) in [4.78, 5) is 144. The minimum Gasteiger partial charge on any atom is -0.508 e. The van der Waals surface area contributed by atoms with Crippen LogP contribution in [0.3, 0.4) is 0 Å². The van der Waals surface area contributed by atoms with Crippen molar-refractivity contribution in [3.8, 4) is 5.75 Å². The molecule has 11 atom stereocenters. The minimum atomic E-state index is -1.82. The second-order valence-corrected chi connectivity index (χ2v) is 20.0. The number of fused-ring (bicyclic) bond motifs is 2. The third kappa shape index (κ3) is 15.0. The smallest absolute Gasteiger partial charge is 0.329 e. The van der Waals surface area contributed by atoms with Gasteiger partial charge in [0.15, 0.2) is 0 Å². The number of piperidine rings is 1. The van der Waals surface area contributed by atoms with E-state index in [0.717, 1.165) is 9.80 Å². The van der Waals surface area contributed by atoms with E-state index in [9.17, 15) is 53.4 Å². The van der Waals surface area contributed by atoms with Gasteiger partial charge in [-0.15, -0.1) is 0 Å². The van der Waals surface area contributed by atoms with Crippen LogP contribution in [0.5, 0.6) is 5.75 Å². The maximum atomic E-state index is 15.1. The summed E-state index contributed by atoms with van der Waals surface area (Å²) in [6.07, 6.45) is -3.12. The highest BCUT2D eigenvalue weighted by molar-refractivity contribution is 5.99. The number of rotatable bonds is 15. The topological polar surface area (TPSA) is 316 Å². The summed E-state index contributed by atoms with van der Waals surface area (Å²) < 4.78 is 5.97. The fourth-order valence-corrected chi connectivity index (χ4v) is 9.56. The molecule has 9 N–H and O–H groups in total. The average Bonchev–Trinajstić information content (AvgIpc) is 3.86. The monoisotopic (exact) mass is 1030 g/mol. The number of benzene rings is 2. The third-order valence-electron chi connectivity index (χ3n) is 14.0. The fraction of sp³-hybridized carbons (Fsp3) is 0.577. The predicted octanol–water partition coefficient (Wildman–Crippen LogP) is 0.0517. The van der Waals surface area contributed by atoms with Gasteiger partial charge in [0.05, 0.1) is 0 Å². The number of amides is 9. The summed E-state index contributed by atoms with van der Waals surface area (Å²) in [5.74, 6) is -9.13. The van der Waals surface area contributed by atoms with Crippen LogP contribution < -0.4 is 32.3 Å². The molecule has 0 aromatic heterocycles. The Morgan fingerprint density at radius 3 is 2.11 bits per heavy atom. The fourth-order valence-electron chi connectivity index (χ4n) is 9.56. The van der Waals surface area contributed by atoms with E-state index in [4.69, 9.17) is 10.5 Å². The Balaban J connectivity index is 1.61. The number of carbonyl (C=O) groups is 10. The number of aromatic hydroxyl groups is 1. The van der Waals surface area contributed by atoms with Crippen molar-refractivity contribution in [3.05, 3.63) is 65.7 Å². The number of phenols is 1. The van der Waals surface area contributed by atoms with E-state index < -0.39 is 120 Å². The molecule has 3 heterocycles. The number of cyclic esters (lactones) is 1. The van der Waals surface area contributed by atoms with E-state index in [1.54, 1.807) is 70.2 Å². The number of primary amides is 1. The van der Waals surface area contributed by atoms with Crippen molar-refractivity contribution < 1.29 is 62.9 Å². The lowest BCUT2D eigenvalue weighted by Gasteiger charge is -2.43. The number of nitrogens with two attached hydrogens (primary N) is 1. The van der Waals surface area contributed by atoms with Crippen molar-refractivity contribution in [1.29, 1.82) is 0 Å². The maximum absolute atomic E-state index is 15.1. The van der Waals surface area contributed by atoms with Crippen molar-refractivity contribution >= 4 is 59.1 Å². The highest BCUT2D eigenvalue weighted by atomic mass is 16.5. The van der Waals surface area contributed by atoms with Crippen LogP contribution in [0, 0.1) is 11.8 Å². The van der Waals surface area contributed by atoms with Crippen molar-refractivity contribution in [2.45, 2.75) is 166 Å². The van der Waals surface area contributed by atoms with Crippen molar-refractivity contribution in [2.24, 2.45) is 17.6 Å². The maximum Gasteiger partial charge on any atom is 0.329 e. The second kappa shape index (κ2) is 26.2. The molecular weight excluding hydrogens is 959 g/mol. The van der Waals surface area contributed by atoms with Gasteiger partial charge in [-0.1, -0.05) is 76.6 Å². The first kappa shape index (κ1) is 57.8. The van der Waals surface area contributed by atoms with Gasteiger partial charge in [-0.2, -0.15) is 0 Å². The van der Waals surface area contributed by atoms with Gasteiger partial charge < -0.3 is 62.0 Å². The molecule has 2 aromatic rings. The lowest BCUT2D eigenvalue weighted by atomic mass is 9.94. The lowest BCUT2D eigenvalue weighted by molar-refractivity contribution is -0.165. The van der Waals surface area contributed by atoms with Gasteiger partial charge in [-0.25, -0.2) is 4.79 Å². The summed E-state index contributed by atoms with van der Waals surface area (Å²) in [6, 6.07) is 3.39. The first-order valence-electron chi connectivity index (χ1n) is 25.4. The number of likely N-dealkylation sites (tertiary alicyclic amines) is 1. The van der Waals surface area contributed by atoms with Gasteiger partial charge >= 0.3 is 5.97 Å². The molecule has 2 bridgehead atoms. The SMILES string of the molecule is CCC(C)C1NC(=O)C(Cc2ccc(O)cc2)N(C)C(=O)C(Cc2ccccc2)N2C(=O)C(CCC2O)NC(=O)C(CC(C)C)NC(=O)C(NC(=O)C(CCC(N)=O)NC(=O)C2CCCN2C(C)=O)C(C)OC1=O. The van der Waals surface area contributed by atoms with Gasteiger partial charge in [-0.3, -0.25) is 43.2 Å². The van der Waals surface area contributed by atoms with Crippen molar-refractivity contribution in [3.63, 3.8) is 0 Å². The zero-order valence-corrected chi connectivity index (χ0v) is 43.2. The normalized spacial score (nSPS) is 26.3. The number of phenolic OH excluding ortho intramolecular Hbond substituents is 1. The van der Waals surface area contributed by atoms with E-state index in [1.165, 1.54) is 37.9 Å². The molecule has 404 valence electrons. The van der Waals surface area contributed by atoms with E-state index in [0.29, 0.717) is 36.9 Å². The van der Waals surface area contributed by atoms with Crippen LogP contribution in [-0.4, -0.2) is 158 Å². The van der Waals surface area contributed by atoms with Gasteiger partial charge in [0, 0.05) is 39.8 Å². The summed E-state index contributed by atoms with van der Waals surface area (Å²) in [5, 5.41) is 35.0. The standard InChI is InChI=1S/C52H73N9O13/c1-8-29(4)43-52(73)74-30(5)44(58-45(66)35(20-22-41(53)64)54-47(68)38-15-12-24-60(38)31(6)62)49(70)56-37(25-28(2)3)46(67)55-36-21-23-42(65)61(50(36)71)40(27-32-13-10-9-11-14-32)51(72)59(7)39(48(69)57-43)26-33-16-18-34(63)19-17-33/h9-11,13-14,16-19,28-30,35-40,42-44,63,65H,8,12,15,20-27H2,1-7H3,(H2,53,64)(H,54,68)(H,55,67)(H,56,70)(H,57,69)(H,58,66). The number of esters is 1. The average molecular weight is 1030 g/mol. The molecule has 74 heavy (non-hydrogen) atoms. The Hall–Kier alpha value is -7.10. The van der Waals surface area contributed by atoms with Gasteiger partial charge in [0.25, 0.3) is 0 Å². The number of aliphatic hydroxyl groups excluding tert-OH is 1. The molecule has 0 spiro atoms. The minimum absolute atomic E-state index is 0.00452. The van der Waals surface area contributed by atoms with Gasteiger partial charge in [0.1, 0.15) is 66.4 Å². The van der Waals surface area contributed by atoms with Crippen LogP contribution in [0.1, 0.15) is 104 Å². The second-order valence-electron chi connectivity index (χ2n) is 20.0. The Labute approximate surface area is 431 Å². The number of nitrogens with one attached hydrogen (secondary N) is 5. The van der Waals surface area contributed by atoms with E-state index in [-0.39, 0.29) is 62.5 Å². The first-order valence-corrected chi connectivity index (χ1v) is 25.4. The molecule has 22 nitrogen and oxygen atoms in total. The zero-order valence-electron chi connectivity index (χ0n) is 43.2. The molecule has 2 aromatic carbocycles. The Kier molecular flexibility index (Phi) is 20.5. The summed E-state index contributed by atoms with van der Waals surface area (Å²) in [6.45, 7) is 9.88. The van der Waals surface area contributed by atoms with Crippen LogP contribution in [-0.2, 0) is 65.5 Å². The molecule has 0 aliphatic carbocycles. The lowest BCUT2D eigenvalue weighted by Crippen LogP contribution is -2.65. The van der Waals surface area contributed by atoms with Gasteiger partial charge in [0.2, 0.25) is 53.2 Å². The molecule has 0 radical (unpaired) electrons. The van der Waals surface area contributed by atoms with Gasteiger partial charge in [-0.05, 0) is 80.5 Å².